The van der Waals surface area contributed by atoms with E-state index in [9.17, 15) is 4.79 Å². The maximum Gasteiger partial charge on any atom is 0.223 e. The summed E-state index contributed by atoms with van der Waals surface area (Å²) in [6, 6.07) is 0. The minimum atomic E-state index is 0.270. The second-order valence-electron chi connectivity index (χ2n) is 4.73. The highest BCUT2D eigenvalue weighted by Gasteiger charge is 2.28. The molecule has 1 amide bonds. The van der Waals surface area contributed by atoms with Crippen LogP contribution in [0.3, 0.4) is 0 Å². The standard InChI is InChI=1S/C12H22N2O2/c15-12(11-3-4-11)13-5-1-2-6-14-7-9-16-10-8-14/h11H,1-10H2,(H,13,15). The van der Waals surface area contributed by atoms with E-state index in [0.717, 1.165) is 58.7 Å². The van der Waals surface area contributed by atoms with Crippen LogP contribution in [0.25, 0.3) is 0 Å². The highest BCUT2D eigenvalue weighted by molar-refractivity contribution is 5.80. The molecule has 2 aliphatic rings. The molecule has 1 saturated heterocycles. The van der Waals surface area contributed by atoms with Gasteiger partial charge in [-0.1, -0.05) is 0 Å². The summed E-state index contributed by atoms with van der Waals surface area (Å²) < 4.78 is 5.29. The normalized spacial score (nSPS) is 22.0. The van der Waals surface area contributed by atoms with Crippen molar-refractivity contribution in [1.29, 1.82) is 0 Å². The summed E-state index contributed by atoms with van der Waals surface area (Å²) >= 11 is 0. The molecule has 16 heavy (non-hydrogen) atoms. The van der Waals surface area contributed by atoms with E-state index in [0.29, 0.717) is 5.92 Å². The predicted octanol–water partition coefficient (Wildman–Crippen LogP) is 0.625. The molecule has 0 bridgehead atoms. The van der Waals surface area contributed by atoms with E-state index < -0.39 is 0 Å². The molecule has 92 valence electrons. The zero-order valence-corrected chi connectivity index (χ0v) is 9.91. The molecule has 2 fully saturated rings. The fourth-order valence-corrected chi connectivity index (χ4v) is 1.99. The van der Waals surface area contributed by atoms with Gasteiger partial charge in [0.1, 0.15) is 0 Å². The Morgan fingerprint density at radius 1 is 1.25 bits per heavy atom. The molecule has 0 radical (unpaired) electrons. The topological polar surface area (TPSA) is 41.6 Å². The van der Waals surface area contributed by atoms with Crippen LogP contribution in [0.4, 0.5) is 0 Å². The maximum atomic E-state index is 11.3. The molecule has 1 saturated carbocycles. The molecule has 0 aromatic heterocycles. The Morgan fingerprint density at radius 3 is 2.69 bits per heavy atom. The van der Waals surface area contributed by atoms with Crippen LogP contribution in [0.15, 0.2) is 0 Å². The average Bonchev–Trinajstić information content (AvgIpc) is 3.13. The van der Waals surface area contributed by atoms with Gasteiger partial charge in [-0.2, -0.15) is 0 Å². The van der Waals surface area contributed by atoms with Crippen molar-refractivity contribution in [1.82, 2.24) is 10.2 Å². The number of hydrogen-bond donors (Lipinski definition) is 1. The summed E-state index contributed by atoms with van der Waals surface area (Å²) in [6.45, 7) is 5.86. The van der Waals surface area contributed by atoms with Crippen molar-refractivity contribution in [2.24, 2.45) is 5.92 Å². The van der Waals surface area contributed by atoms with Crippen molar-refractivity contribution < 1.29 is 9.53 Å². The fraction of sp³-hybridized carbons (Fsp3) is 0.917. The monoisotopic (exact) mass is 226 g/mol. The highest BCUT2D eigenvalue weighted by Crippen LogP contribution is 2.28. The molecular weight excluding hydrogens is 204 g/mol. The second kappa shape index (κ2) is 6.21. The van der Waals surface area contributed by atoms with E-state index in [4.69, 9.17) is 4.74 Å². The first-order valence-corrected chi connectivity index (χ1v) is 6.44. The molecule has 0 unspecified atom stereocenters. The van der Waals surface area contributed by atoms with Gasteiger partial charge in [-0.25, -0.2) is 0 Å². The Bertz CT molecular complexity index is 223. The SMILES string of the molecule is O=C(NCCCCN1CCOCC1)C1CC1. The van der Waals surface area contributed by atoms with E-state index >= 15 is 0 Å². The number of amides is 1. The number of carbonyl (C=O) groups excluding carboxylic acids is 1. The third-order valence-electron chi connectivity index (χ3n) is 3.25. The van der Waals surface area contributed by atoms with Gasteiger partial charge in [-0.15, -0.1) is 0 Å². The largest absolute Gasteiger partial charge is 0.379 e. The van der Waals surface area contributed by atoms with Gasteiger partial charge < -0.3 is 10.1 Å². The molecule has 0 aromatic rings. The first kappa shape index (κ1) is 11.9. The van der Waals surface area contributed by atoms with Gasteiger partial charge in [0.2, 0.25) is 5.91 Å². The molecule has 4 nitrogen and oxygen atoms in total. The lowest BCUT2D eigenvalue weighted by Crippen LogP contribution is -2.37. The Morgan fingerprint density at radius 2 is 2.00 bits per heavy atom. The van der Waals surface area contributed by atoms with Crippen molar-refractivity contribution in [2.75, 3.05) is 39.4 Å². The molecule has 0 atom stereocenters. The predicted molar refractivity (Wildman–Crippen MR) is 62.2 cm³/mol. The third kappa shape index (κ3) is 4.10. The molecular formula is C12H22N2O2. The van der Waals surface area contributed by atoms with Gasteiger partial charge >= 0.3 is 0 Å². The Balaban J connectivity index is 1.43. The quantitative estimate of drug-likeness (QED) is 0.675. The first-order chi connectivity index (χ1) is 7.86. The zero-order chi connectivity index (χ0) is 11.2. The number of unbranched alkanes of at least 4 members (excludes halogenated alkanes) is 1. The van der Waals surface area contributed by atoms with Crippen molar-refractivity contribution in [3.8, 4) is 0 Å². The minimum absolute atomic E-state index is 0.270. The molecule has 4 heteroatoms. The van der Waals surface area contributed by atoms with E-state index in [1.807, 2.05) is 0 Å². The fourth-order valence-electron chi connectivity index (χ4n) is 1.99. The van der Waals surface area contributed by atoms with Gasteiger partial charge in [0.05, 0.1) is 13.2 Å². The van der Waals surface area contributed by atoms with Crippen LogP contribution in [0.1, 0.15) is 25.7 Å². The van der Waals surface area contributed by atoms with E-state index in [1.165, 1.54) is 6.42 Å². The van der Waals surface area contributed by atoms with Crippen molar-refractivity contribution in [3.05, 3.63) is 0 Å². The zero-order valence-electron chi connectivity index (χ0n) is 9.91. The summed E-state index contributed by atoms with van der Waals surface area (Å²) in [4.78, 5) is 13.8. The van der Waals surface area contributed by atoms with Gasteiger partial charge in [0.25, 0.3) is 0 Å². The lowest BCUT2D eigenvalue weighted by Gasteiger charge is -2.26. The van der Waals surface area contributed by atoms with Gasteiger partial charge in [0.15, 0.2) is 0 Å². The lowest BCUT2D eigenvalue weighted by atomic mass is 10.2. The number of nitrogens with one attached hydrogen (secondary N) is 1. The lowest BCUT2D eigenvalue weighted by molar-refractivity contribution is -0.122. The highest BCUT2D eigenvalue weighted by atomic mass is 16.5. The smallest absolute Gasteiger partial charge is 0.223 e. The summed E-state index contributed by atoms with van der Waals surface area (Å²) in [5, 5.41) is 3.00. The molecule has 0 aromatic carbocycles. The Kier molecular flexibility index (Phi) is 4.60. The van der Waals surface area contributed by atoms with E-state index in [2.05, 4.69) is 10.2 Å². The number of rotatable bonds is 6. The van der Waals surface area contributed by atoms with Crippen LogP contribution in [0, 0.1) is 5.92 Å². The maximum absolute atomic E-state index is 11.3. The van der Waals surface area contributed by atoms with E-state index in [1.54, 1.807) is 0 Å². The number of hydrogen-bond acceptors (Lipinski definition) is 3. The van der Waals surface area contributed by atoms with Gasteiger partial charge in [-0.3, -0.25) is 9.69 Å². The van der Waals surface area contributed by atoms with Crippen LogP contribution in [-0.4, -0.2) is 50.2 Å². The summed E-state index contributed by atoms with van der Waals surface area (Å²) in [5.41, 5.74) is 0. The molecule has 1 aliphatic carbocycles. The summed E-state index contributed by atoms with van der Waals surface area (Å²) in [6.07, 6.45) is 4.46. The first-order valence-electron chi connectivity index (χ1n) is 6.44. The number of morpholine rings is 1. The van der Waals surface area contributed by atoms with Crippen LogP contribution in [0.5, 0.6) is 0 Å². The van der Waals surface area contributed by atoms with Crippen LogP contribution in [-0.2, 0) is 9.53 Å². The Labute approximate surface area is 97.3 Å². The van der Waals surface area contributed by atoms with Crippen molar-refractivity contribution in [3.63, 3.8) is 0 Å². The van der Waals surface area contributed by atoms with Crippen molar-refractivity contribution >= 4 is 5.91 Å². The van der Waals surface area contributed by atoms with Crippen LogP contribution >= 0.6 is 0 Å². The summed E-state index contributed by atoms with van der Waals surface area (Å²) in [5.74, 6) is 0.616. The number of nitrogens with zero attached hydrogens (tertiary/aromatic N) is 1. The van der Waals surface area contributed by atoms with Gasteiger partial charge in [-0.05, 0) is 32.2 Å². The molecule has 0 spiro atoms. The van der Waals surface area contributed by atoms with Crippen LogP contribution < -0.4 is 5.32 Å². The molecule has 1 aliphatic heterocycles. The number of carbonyl (C=O) groups is 1. The second-order valence-corrected chi connectivity index (χ2v) is 4.73. The van der Waals surface area contributed by atoms with Crippen LogP contribution in [0.2, 0.25) is 0 Å². The summed E-state index contributed by atoms with van der Waals surface area (Å²) in [7, 11) is 0. The van der Waals surface area contributed by atoms with Crippen molar-refractivity contribution in [2.45, 2.75) is 25.7 Å². The molecule has 1 N–H and O–H groups in total. The minimum Gasteiger partial charge on any atom is -0.379 e. The average molecular weight is 226 g/mol. The third-order valence-corrected chi connectivity index (χ3v) is 3.25. The molecule has 1 heterocycles. The van der Waals surface area contributed by atoms with Gasteiger partial charge in [0, 0.05) is 25.6 Å². The number of ether oxygens (including phenoxy) is 1. The molecule has 2 rings (SSSR count). The Hall–Kier alpha value is -0.610. The van der Waals surface area contributed by atoms with E-state index in [-0.39, 0.29) is 5.91 Å².